The Morgan fingerprint density at radius 2 is 1.61 bits per heavy atom. The molecule has 2 aromatic rings. The Labute approximate surface area is 193 Å². The first-order valence-electron chi connectivity index (χ1n) is 10.8. The van der Waals surface area contributed by atoms with Crippen molar-refractivity contribution in [3.8, 4) is 11.1 Å². The maximum absolute atomic E-state index is 12.6. The quantitative estimate of drug-likeness (QED) is 0.508. The lowest BCUT2D eigenvalue weighted by molar-refractivity contribution is -0.139. The first kappa shape index (κ1) is 24.3. The Morgan fingerprint density at radius 1 is 1.03 bits per heavy atom. The summed E-state index contributed by atoms with van der Waals surface area (Å²) in [5.41, 5.74) is 3.81. The molecule has 176 valence electrons. The van der Waals surface area contributed by atoms with Gasteiger partial charge in [0.25, 0.3) is 0 Å². The van der Waals surface area contributed by atoms with Gasteiger partial charge in [0.2, 0.25) is 5.91 Å². The van der Waals surface area contributed by atoms with E-state index in [1.165, 1.54) is 7.11 Å². The maximum Gasteiger partial charge on any atom is 0.407 e. The standard InChI is InChI=1S/C25H30N2O6/c1-25(2,12-22(28)29)15-26-23(30)21(14-32-3)27-24(31)33-13-20-18-10-6-4-8-16(18)17-9-5-7-11-19(17)20/h4-11,20-21H,12-15H2,1-3H3,(H,26,30)(H,27,31)(H,28,29). The number of carbonyl (C=O) groups excluding carboxylic acids is 2. The molecule has 0 fully saturated rings. The molecule has 0 heterocycles. The topological polar surface area (TPSA) is 114 Å². The van der Waals surface area contributed by atoms with Crippen LogP contribution in [0, 0.1) is 5.41 Å². The number of hydrogen-bond acceptors (Lipinski definition) is 5. The van der Waals surface area contributed by atoms with Crippen molar-refractivity contribution in [2.24, 2.45) is 5.41 Å². The second-order valence-electron chi connectivity index (χ2n) is 8.93. The number of rotatable bonds is 10. The number of methoxy groups -OCH3 is 1. The van der Waals surface area contributed by atoms with E-state index in [4.69, 9.17) is 14.6 Å². The maximum atomic E-state index is 12.6. The fourth-order valence-electron chi connectivity index (χ4n) is 4.05. The second-order valence-corrected chi connectivity index (χ2v) is 8.93. The zero-order valence-corrected chi connectivity index (χ0v) is 19.1. The molecule has 0 aliphatic heterocycles. The number of hydrogen-bond donors (Lipinski definition) is 3. The molecular weight excluding hydrogens is 424 g/mol. The number of nitrogens with one attached hydrogen (secondary N) is 2. The van der Waals surface area contributed by atoms with Crippen LogP contribution in [-0.4, -0.2) is 56.0 Å². The fourth-order valence-corrected chi connectivity index (χ4v) is 4.05. The van der Waals surface area contributed by atoms with E-state index in [0.29, 0.717) is 0 Å². The van der Waals surface area contributed by atoms with Crippen molar-refractivity contribution in [1.82, 2.24) is 10.6 Å². The van der Waals surface area contributed by atoms with Crippen LogP contribution in [0.5, 0.6) is 0 Å². The summed E-state index contributed by atoms with van der Waals surface area (Å²) >= 11 is 0. The third kappa shape index (κ3) is 6.10. The van der Waals surface area contributed by atoms with Gasteiger partial charge < -0.3 is 25.2 Å². The molecule has 8 nitrogen and oxygen atoms in total. The van der Waals surface area contributed by atoms with Crippen LogP contribution in [0.25, 0.3) is 11.1 Å². The van der Waals surface area contributed by atoms with E-state index in [2.05, 4.69) is 22.8 Å². The van der Waals surface area contributed by atoms with Crippen molar-refractivity contribution in [2.45, 2.75) is 32.2 Å². The van der Waals surface area contributed by atoms with Crippen LogP contribution >= 0.6 is 0 Å². The molecule has 0 bridgehead atoms. The van der Waals surface area contributed by atoms with E-state index in [-0.39, 0.29) is 32.1 Å². The van der Waals surface area contributed by atoms with Gasteiger partial charge in [0.15, 0.2) is 0 Å². The summed E-state index contributed by atoms with van der Waals surface area (Å²) in [4.78, 5) is 36.1. The van der Waals surface area contributed by atoms with Crippen molar-refractivity contribution < 1.29 is 29.0 Å². The van der Waals surface area contributed by atoms with Crippen LogP contribution in [0.4, 0.5) is 4.79 Å². The van der Waals surface area contributed by atoms with E-state index in [1.807, 2.05) is 36.4 Å². The van der Waals surface area contributed by atoms with Gasteiger partial charge in [0.05, 0.1) is 13.0 Å². The van der Waals surface area contributed by atoms with Gasteiger partial charge in [-0.15, -0.1) is 0 Å². The highest BCUT2D eigenvalue weighted by Gasteiger charge is 2.30. The lowest BCUT2D eigenvalue weighted by Crippen LogP contribution is -2.51. The fraction of sp³-hybridized carbons (Fsp3) is 0.400. The van der Waals surface area contributed by atoms with Gasteiger partial charge in [0, 0.05) is 19.6 Å². The molecule has 1 aliphatic carbocycles. The van der Waals surface area contributed by atoms with Crippen LogP contribution in [0.2, 0.25) is 0 Å². The number of amides is 2. The van der Waals surface area contributed by atoms with Crippen molar-refractivity contribution in [2.75, 3.05) is 26.9 Å². The molecule has 3 N–H and O–H groups in total. The zero-order chi connectivity index (χ0) is 24.0. The molecular formula is C25H30N2O6. The summed E-state index contributed by atoms with van der Waals surface area (Å²) in [6, 6.07) is 15.1. The molecule has 8 heteroatoms. The SMILES string of the molecule is COCC(NC(=O)OCC1c2ccccc2-c2ccccc21)C(=O)NCC(C)(C)CC(=O)O. The number of carbonyl (C=O) groups is 3. The number of alkyl carbamates (subject to hydrolysis) is 1. The van der Waals surface area contributed by atoms with Gasteiger partial charge in [-0.1, -0.05) is 62.4 Å². The molecule has 0 saturated carbocycles. The summed E-state index contributed by atoms with van der Waals surface area (Å²) in [5.74, 6) is -1.50. The third-order valence-electron chi connectivity index (χ3n) is 5.66. The van der Waals surface area contributed by atoms with Gasteiger partial charge in [-0.05, 0) is 27.7 Å². The van der Waals surface area contributed by atoms with Crippen LogP contribution in [0.15, 0.2) is 48.5 Å². The minimum atomic E-state index is -0.966. The monoisotopic (exact) mass is 454 g/mol. The van der Waals surface area contributed by atoms with Gasteiger partial charge >= 0.3 is 12.1 Å². The van der Waals surface area contributed by atoms with Crippen molar-refractivity contribution >= 4 is 18.0 Å². The van der Waals surface area contributed by atoms with Crippen LogP contribution in [0.3, 0.4) is 0 Å². The number of carboxylic acids is 1. The van der Waals surface area contributed by atoms with Gasteiger partial charge in [-0.2, -0.15) is 0 Å². The average Bonchev–Trinajstić information content (AvgIpc) is 3.09. The van der Waals surface area contributed by atoms with Gasteiger partial charge in [-0.3, -0.25) is 9.59 Å². The molecule has 0 spiro atoms. The summed E-state index contributed by atoms with van der Waals surface area (Å²) in [6.07, 6.45) is -0.818. The summed E-state index contributed by atoms with van der Waals surface area (Å²) in [6.45, 7) is 3.71. The van der Waals surface area contributed by atoms with Gasteiger partial charge in [-0.25, -0.2) is 4.79 Å². The van der Waals surface area contributed by atoms with Crippen LogP contribution < -0.4 is 10.6 Å². The molecule has 2 amide bonds. The summed E-state index contributed by atoms with van der Waals surface area (Å²) < 4.78 is 10.6. The number of benzene rings is 2. The average molecular weight is 455 g/mol. The largest absolute Gasteiger partial charge is 0.481 e. The highest BCUT2D eigenvalue weighted by Crippen LogP contribution is 2.44. The van der Waals surface area contributed by atoms with E-state index < -0.39 is 29.4 Å². The number of ether oxygens (including phenoxy) is 2. The highest BCUT2D eigenvalue weighted by molar-refractivity contribution is 5.86. The van der Waals surface area contributed by atoms with E-state index in [1.54, 1.807) is 13.8 Å². The third-order valence-corrected chi connectivity index (χ3v) is 5.66. The van der Waals surface area contributed by atoms with E-state index >= 15 is 0 Å². The normalized spacial score (nSPS) is 13.5. The van der Waals surface area contributed by atoms with Crippen LogP contribution in [0.1, 0.15) is 37.3 Å². The predicted molar refractivity (Wildman–Crippen MR) is 123 cm³/mol. The van der Waals surface area contributed by atoms with Gasteiger partial charge in [0.1, 0.15) is 12.6 Å². The number of carboxylic acid groups (broad SMARTS) is 1. The minimum absolute atomic E-state index is 0.0462. The molecule has 1 atom stereocenters. The Bertz CT molecular complexity index is 974. The van der Waals surface area contributed by atoms with Crippen LogP contribution in [-0.2, 0) is 19.1 Å². The number of fused-ring (bicyclic) bond motifs is 3. The van der Waals surface area contributed by atoms with E-state index in [0.717, 1.165) is 22.3 Å². The summed E-state index contributed by atoms with van der Waals surface area (Å²) in [5, 5.41) is 14.2. The smallest absolute Gasteiger partial charge is 0.407 e. The Morgan fingerprint density at radius 3 is 2.15 bits per heavy atom. The minimum Gasteiger partial charge on any atom is -0.481 e. The van der Waals surface area contributed by atoms with Crippen molar-refractivity contribution in [3.63, 3.8) is 0 Å². The molecule has 1 aliphatic rings. The first-order valence-corrected chi connectivity index (χ1v) is 10.8. The van der Waals surface area contributed by atoms with Crippen molar-refractivity contribution in [3.05, 3.63) is 59.7 Å². The second kappa shape index (κ2) is 10.5. The summed E-state index contributed by atoms with van der Waals surface area (Å²) in [7, 11) is 1.42. The molecule has 3 rings (SSSR count). The Balaban J connectivity index is 1.59. The number of aliphatic carboxylic acids is 1. The molecule has 2 aromatic carbocycles. The molecule has 0 aromatic heterocycles. The highest BCUT2D eigenvalue weighted by atomic mass is 16.5. The molecule has 1 unspecified atom stereocenters. The van der Waals surface area contributed by atoms with E-state index in [9.17, 15) is 14.4 Å². The first-order chi connectivity index (χ1) is 15.7. The predicted octanol–water partition coefficient (Wildman–Crippen LogP) is 3.16. The lowest BCUT2D eigenvalue weighted by atomic mass is 9.89. The molecule has 33 heavy (non-hydrogen) atoms. The molecule has 0 radical (unpaired) electrons. The zero-order valence-electron chi connectivity index (χ0n) is 19.1. The Hall–Kier alpha value is -3.39. The molecule has 0 saturated heterocycles. The lowest BCUT2D eigenvalue weighted by Gasteiger charge is -2.25. The Kier molecular flexibility index (Phi) is 7.71. The van der Waals surface area contributed by atoms with Crippen molar-refractivity contribution in [1.29, 1.82) is 0 Å².